The van der Waals surface area contributed by atoms with Crippen LogP contribution in [0, 0.1) is 0 Å². The van der Waals surface area contributed by atoms with E-state index in [0.29, 0.717) is 11.6 Å². The van der Waals surface area contributed by atoms with Crippen LogP contribution >= 0.6 is 15.9 Å². The van der Waals surface area contributed by atoms with Gasteiger partial charge < -0.3 is 0 Å². The minimum atomic E-state index is 0.532. The van der Waals surface area contributed by atoms with Crippen molar-refractivity contribution in [2.75, 3.05) is 0 Å². The van der Waals surface area contributed by atoms with Crippen LogP contribution in [0.3, 0.4) is 0 Å². The molecular formula is C11H9BrN2O. The highest BCUT2D eigenvalue weighted by molar-refractivity contribution is 9.10. The fraction of sp³-hybridized carbons (Fsp3) is 0.273. The number of carbonyl (C=O) groups is 1. The van der Waals surface area contributed by atoms with E-state index in [2.05, 4.69) is 20.9 Å². The fourth-order valence-corrected chi connectivity index (χ4v) is 2.37. The molecule has 2 aromatic heterocycles. The SMILES string of the molecule is O=Cc1nc(C2CC2)n2c(Br)cccc12. The third-order valence-corrected chi connectivity index (χ3v) is 3.34. The second-order valence-corrected chi connectivity index (χ2v) is 4.63. The normalized spacial score (nSPS) is 15.8. The van der Waals surface area contributed by atoms with Crippen molar-refractivity contribution in [2.45, 2.75) is 18.8 Å². The predicted octanol–water partition coefficient (Wildman–Crippen LogP) is 2.79. The van der Waals surface area contributed by atoms with Gasteiger partial charge in [0.1, 0.15) is 11.5 Å². The highest BCUT2D eigenvalue weighted by Crippen LogP contribution is 2.40. The zero-order valence-corrected chi connectivity index (χ0v) is 9.57. The average molecular weight is 265 g/mol. The monoisotopic (exact) mass is 264 g/mol. The lowest BCUT2D eigenvalue weighted by Gasteiger charge is -2.01. The molecule has 0 radical (unpaired) electrons. The molecule has 0 unspecified atom stereocenters. The molecule has 3 nitrogen and oxygen atoms in total. The Labute approximate surface area is 95.3 Å². The molecule has 2 aromatic rings. The number of rotatable bonds is 2. The number of carbonyl (C=O) groups excluding carboxylic acids is 1. The molecule has 0 saturated heterocycles. The van der Waals surface area contributed by atoms with Crippen LogP contribution in [0.1, 0.15) is 35.1 Å². The number of hydrogen-bond donors (Lipinski definition) is 0. The van der Waals surface area contributed by atoms with Crippen LogP contribution in [0.4, 0.5) is 0 Å². The standard InChI is InChI=1S/C11H9BrN2O/c12-10-3-1-2-9-8(6-15)13-11(14(9)10)7-4-5-7/h1-3,6-7H,4-5H2. The first-order valence-corrected chi connectivity index (χ1v) is 5.72. The Morgan fingerprint density at radius 1 is 1.47 bits per heavy atom. The van der Waals surface area contributed by atoms with Crippen LogP contribution in [0.2, 0.25) is 0 Å². The van der Waals surface area contributed by atoms with Crippen molar-refractivity contribution in [2.24, 2.45) is 0 Å². The summed E-state index contributed by atoms with van der Waals surface area (Å²) in [5.74, 6) is 1.55. The van der Waals surface area contributed by atoms with Crippen molar-refractivity contribution in [3.63, 3.8) is 0 Å². The molecule has 0 spiro atoms. The number of pyridine rings is 1. The van der Waals surface area contributed by atoms with Crippen molar-refractivity contribution >= 4 is 27.7 Å². The van der Waals surface area contributed by atoms with E-state index in [0.717, 1.165) is 22.2 Å². The van der Waals surface area contributed by atoms with Crippen LogP contribution in [-0.4, -0.2) is 15.7 Å². The van der Waals surface area contributed by atoms with Gasteiger partial charge >= 0.3 is 0 Å². The Balaban J connectivity index is 2.39. The summed E-state index contributed by atoms with van der Waals surface area (Å²) < 4.78 is 2.99. The topological polar surface area (TPSA) is 34.4 Å². The van der Waals surface area contributed by atoms with E-state index < -0.39 is 0 Å². The zero-order chi connectivity index (χ0) is 10.4. The lowest BCUT2D eigenvalue weighted by Crippen LogP contribution is -1.93. The summed E-state index contributed by atoms with van der Waals surface area (Å²) in [6.45, 7) is 0. The van der Waals surface area contributed by atoms with E-state index in [-0.39, 0.29) is 0 Å². The summed E-state index contributed by atoms with van der Waals surface area (Å²) in [5.41, 5.74) is 1.43. The molecule has 1 aliphatic rings. The van der Waals surface area contributed by atoms with Gasteiger partial charge in [-0.15, -0.1) is 0 Å². The maximum atomic E-state index is 10.9. The number of imidazole rings is 1. The molecule has 0 N–H and O–H groups in total. The molecule has 4 heteroatoms. The Morgan fingerprint density at radius 2 is 2.27 bits per heavy atom. The molecule has 3 rings (SSSR count). The van der Waals surface area contributed by atoms with Gasteiger partial charge in [0.2, 0.25) is 0 Å². The molecule has 1 fully saturated rings. The molecule has 0 aromatic carbocycles. The molecule has 0 atom stereocenters. The highest BCUT2D eigenvalue weighted by atomic mass is 79.9. The largest absolute Gasteiger partial charge is 0.296 e. The first-order chi connectivity index (χ1) is 7.31. The predicted molar refractivity (Wildman–Crippen MR) is 60.3 cm³/mol. The molecule has 0 bridgehead atoms. The van der Waals surface area contributed by atoms with Gasteiger partial charge in [0, 0.05) is 5.92 Å². The summed E-state index contributed by atoms with van der Waals surface area (Å²) in [7, 11) is 0. The molecule has 1 aliphatic carbocycles. The first kappa shape index (κ1) is 9.09. The summed E-state index contributed by atoms with van der Waals surface area (Å²) >= 11 is 3.49. The van der Waals surface area contributed by atoms with Crippen molar-refractivity contribution in [3.8, 4) is 0 Å². The van der Waals surface area contributed by atoms with Crippen LogP contribution in [-0.2, 0) is 0 Å². The number of nitrogens with zero attached hydrogens (tertiary/aromatic N) is 2. The minimum Gasteiger partial charge on any atom is -0.296 e. The van der Waals surface area contributed by atoms with Gasteiger partial charge in [-0.05, 0) is 40.9 Å². The second-order valence-electron chi connectivity index (χ2n) is 3.82. The minimum absolute atomic E-state index is 0.532. The molecule has 15 heavy (non-hydrogen) atoms. The molecule has 2 heterocycles. The maximum Gasteiger partial charge on any atom is 0.170 e. The Kier molecular flexibility index (Phi) is 1.92. The number of aldehydes is 1. The van der Waals surface area contributed by atoms with Gasteiger partial charge in [-0.25, -0.2) is 4.98 Å². The van der Waals surface area contributed by atoms with Gasteiger partial charge in [-0.3, -0.25) is 9.20 Å². The molecule has 76 valence electrons. The lowest BCUT2D eigenvalue weighted by atomic mass is 10.3. The fourth-order valence-electron chi connectivity index (χ4n) is 1.85. The molecule has 0 amide bonds. The van der Waals surface area contributed by atoms with Crippen molar-refractivity contribution in [1.29, 1.82) is 0 Å². The Bertz CT molecular complexity index is 543. The number of fused-ring (bicyclic) bond motifs is 1. The van der Waals surface area contributed by atoms with Gasteiger partial charge in [0.15, 0.2) is 6.29 Å². The van der Waals surface area contributed by atoms with Crippen LogP contribution in [0.25, 0.3) is 5.52 Å². The van der Waals surface area contributed by atoms with Crippen molar-refractivity contribution in [3.05, 3.63) is 34.3 Å². The van der Waals surface area contributed by atoms with Crippen LogP contribution in [0.5, 0.6) is 0 Å². The van der Waals surface area contributed by atoms with Gasteiger partial charge in [-0.1, -0.05) is 6.07 Å². The van der Waals surface area contributed by atoms with Crippen LogP contribution < -0.4 is 0 Å². The summed E-state index contributed by atoms with van der Waals surface area (Å²) in [6, 6.07) is 5.81. The number of halogens is 1. The van der Waals surface area contributed by atoms with Gasteiger partial charge in [0.25, 0.3) is 0 Å². The smallest absolute Gasteiger partial charge is 0.170 e. The van der Waals surface area contributed by atoms with Crippen LogP contribution in [0.15, 0.2) is 22.8 Å². The van der Waals surface area contributed by atoms with E-state index in [1.54, 1.807) is 0 Å². The quantitative estimate of drug-likeness (QED) is 0.618. The molecule has 0 aliphatic heterocycles. The molecule has 1 saturated carbocycles. The summed E-state index contributed by atoms with van der Waals surface area (Å²) in [4.78, 5) is 15.3. The maximum absolute atomic E-state index is 10.9. The third kappa shape index (κ3) is 1.32. The van der Waals surface area contributed by atoms with Gasteiger partial charge in [-0.2, -0.15) is 0 Å². The van der Waals surface area contributed by atoms with E-state index in [1.165, 1.54) is 12.8 Å². The third-order valence-electron chi connectivity index (χ3n) is 2.72. The van der Waals surface area contributed by atoms with E-state index in [9.17, 15) is 4.79 Å². The average Bonchev–Trinajstić information content (AvgIpc) is 3.00. The summed E-state index contributed by atoms with van der Waals surface area (Å²) in [6.07, 6.45) is 3.19. The Hall–Kier alpha value is -1.16. The lowest BCUT2D eigenvalue weighted by molar-refractivity contribution is 0.112. The number of hydrogen-bond acceptors (Lipinski definition) is 2. The van der Waals surface area contributed by atoms with E-state index in [4.69, 9.17) is 0 Å². The Morgan fingerprint density at radius 3 is 2.93 bits per heavy atom. The highest BCUT2D eigenvalue weighted by Gasteiger charge is 2.29. The van der Waals surface area contributed by atoms with Gasteiger partial charge in [0.05, 0.1) is 10.1 Å². The zero-order valence-electron chi connectivity index (χ0n) is 7.98. The number of aromatic nitrogens is 2. The second kappa shape index (κ2) is 3.17. The molecular weight excluding hydrogens is 256 g/mol. The summed E-state index contributed by atoms with van der Waals surface area (Å²) in [5, 5.41) is 0. The van der Waals surface area contributed by atoms with E-state index >= 15 is 0 Å². The van der Waals surface area contributed by atoms with E-state index in [1.807, 2.05) is 22.6 Å². The van der Waals surface area contributed by atoms with Crippen molar-refractivity contribution in [1.82, 2.24) is 9.38 Å². The first-order valence-electron chi connectivity index (χ1n) is 4.93. The van der Waals surface area contributed by atoms with Crippen molar-refractivity contribution < 1.29 is 4.79 Å².